The predicted octanol–water partition coefficient (Wildman–Crippen LogP) is 2.47. The van der Waals surface area contributed by atoms with Gasteiger partial charge in [-0.15, -0.1) is 11.3 Å². The fourth-order valence-corrected chi connectivity index (χ4v) is 4.12. The number of carbonyl (C=O) groups is 2. The molecule has 0 aliphatic carbocycles. The zero-order valence-electron chi connectivity index (χ0n) is 15.0. The number of piperidine rings is 1. The molecule has 0 spiro atoms. The number of rotatable bonds is 3. The highest BCUT2D eigenvalue weighted by Crippen LogP contribution is 2.26. The van der Waals surface area contributed by atoms with Crippen LogP contribution in [0.3, 0.4) is 0 Å². The van der Waals surface area contributed by atoms with E-state index in [0.717, 1.165) is 10.4 Å². The third kappa shape index (κ3) is 3.65. The summed E-state index contributed by atoms with van der Waals surface area (Å²) in [6.07, 6.45) is 4.33. The van der Waals surface area contributed by atoms with Gasteiger partial charge in [-0.25, -0.2) is 19.3 Å². The lowest BCUT2D eigenvalue weighted by atomic mass is 10.0. The van der Waals surface area contributed by atoms with Crippen molar-refractivity contribution < 1.29 is 14.3 Å². The van der Waals surface area contributed by atoms with Gasteiger partial charge in [0, 0.05) is 36.8 Å². The van der Waals surface area contributed by atoms with E-state index in [9.17, 15) is 9.59 Å². The Kier molecular flexibility index (Phi) is 5.14. The molecule has 3 aromatic heterocycles. The zero-order chi connectivity index (χ0) is 19.7. The Morgan fingerprint density at radius 2 is 2.11 bits per heavy atom. The van der Waals surface area contributed by atoms with Crippen molar-refractivity contribution in [1.82, 2.24) is 29.8 Å². The Morgan fingerprint density at radius 3 is 2.86 bits per heavy atom. The van der Waals surface area contributed by atoms with Gasteiger partial charge in [0.2, 0.25) is 0 Å². The average Bonchev–Trinajstić information content (AvgIpc) is 3.31. The zero-order valence-corrected chi connectivity index (χ0v) is 16.5. The number of ether oxygens (including phenoxy) is 1. The second-order valence-corrected chi connectivity index (χ2v) is 7.59. The van der Waals surface area contributed by atoms with Crippen LogP contribution in [0.1, 0.15) is 23.3 Å². The minimum absolute atomic E-state index is 0.0134. The fourth-order valence-electron chi connectivity index (χ4n) is 3.14. The summed E-state index contributed by atoms with van der Waals surface area (Å²) in [6.45, 7) is 1.01. The van der Waals surface area contributed by atoms with Crippen molar-refractivity contribution in [2.45, 2.75) is 18.9 Å². The first-order valence-electron chi connectivity index (χ1n) is 8.64. The van der Waals surface area contributed by atoms with Crippen LogP contribution < -0.4 is 5.32 Å². The molecule has 0 saturated carbocycles. The van der Waals surface area contributed by atoms with Gasteiger partial charge in [-0.1, -0.05) is 11.6 Å². The topological polar surface area (TPSA) is 102 Å². The molecule has 146 valence electrons. The molecule has 4 rings (SSSR count). The van der Waals surface area contributed by atoms with Gasteiger partial charge in [-0.2, -0.15) is 5.10 Å². The SMILES string of the molecule is COC(=O)NC1CCN(C(=O)c2cc(Cl)nc(-c3cnn4ccsc34)n2)CC1. The highest BCUT2D eigenvalue weighted by molar-refractivity contribution is 7.16. The number of hydrogen-bond acceptors (Lipinski definition) is 7. The molecular weight excluding hydrogens is 404 g/mol. The van der Waals surface area contributed by atoms with Crippen LogP contribution in [0.2, 0.25) is 5.15 Å². The number of hydrogen-bond donors (Lipinski definition) is 1. The van der Waals surface area contributed by atoms with Gasteiger partial charge in [0.1, 0.15) is 15.7 Å². The molecule has 0 aromatic carbocycles. The van der Waals surface area contributed by atoms with Crippen molar-refractivity contribution >= 4 is 39.8 Å². The van der Waals surface area contributed by atoms with E-state index in [4.69, 9.17) is 11.6 Å². The smallest absolute Gasteiger partial charge is 0.407 e. The highest BCUT2D eigenvalue weighted by atomic mass is 35.5. The van der Waals surface area contributed by atoms with E-state index in [0.29, 0.717) is 31.8 Å². The maximum Gasteiger partial charge on any atom is 0.407 e. The Morgan fingerprint density at radius 1 is 1.32 bits per heavy atom. The maximum atomic E-state index is 12.9. The van der Waals surface area contributed by atoms with Gasteiger partial charge in [0.15, 0.2) is 5.82 Å². The number of halogens is 1. The number of aromatic nitrogens is 4. The molecule has 11 heteroatoms. The molecule has 1 fully saturated rings. The van der Waals surface area contributed by atoms with Crippen molar-refractivity contribution in [3.8, 4) is 11.4 Å². The second-order valence-electron chi connectivity index (χ2n) is 6.31. The van der Waals surface area contributed by atoms with E-state index >= 15 is 0 Å². The lowest BCUT2D eigenvalue weighted by molar-refractivity contribution is 0.0698. The number of likely N-dealkylation sites (tertiary alicyclic amines) is 1. The van der Waals surface area contributed by atoms with E-state index in [1.54, 1.807) is 15.6 Å². The van der Waals surface area contributed by atoms with E-state index in [2.05, 4.69) is 25.1 Å². The lowest BCUT2D eigenvalue weighted by Gasteiger charge is -2.31. The van der Waals surface area contributed by atoms with Gasteiger partial charge in [0.05, 0.1) is 18.9 Å². The molecule has 2 amide bonds. The summed E-state index contributed by atoms with van der Waals surface area (Å²) in [7, 11) is 1.33. The van der Waals surface area contributed by atoms with Crippen LogP contribution in [0, 0.1) is 0 Å². The third-order valence-electron chi connectivity index (χ3n) is 4.58. The highest BCUT2D eigenvalue weighted by Gasteiger charge is 2.26. The van der Waals surface area contributed by atoms with Gasteiger partial charge in [0.25, 0.3) is 5.91 Å². The minimum Gasteiger partial charge on any atom is -0.453 e. The van der Waals surface area contributed by atoms with Crippen LogP contribution in [0.25, 0.3) is 16.2 Å². The Bertz CT molecular complexity index is 1030. The molecule has 1 aliphatic rings. The number of fused-ring (bicyclic) bond motifs is 1. The molecule has 4 heterocycles. The molecule has 1 saturated heterocycles. The summed E-state index contributed by atoms with van der Waals surface area (Å²) in [5.41, 5.74) is 0.970. The summed E-state index contributed by atoms with van der Waals surface area (Å²) >= 11 is 7.67. The van der Waals surface area contributed by atoms with E-state index < -0.39 is 6.09 Å². The number of amides is 2. The summed E-state index contributed by atoms with van der Waals surface area (Å²) in [6, 6.07) is 1.46. The third-order valence-corrected chi connectivity index (χ3v) is 5.66. The second kappa shape index (κ2) is 7.72. The number of alkyl carbamates (subject to hydrolysis) is 1. The van der Waals surface area contributed by atoms with Crippen LogP contribution in [0.5, 0.6) is 0 Å². The van der Waals surface area contributed by atoms with Crippen molar-refractivity contribution in [1.29, 1.82) is 0 Å². The van der Waals surface area contributed by atoms with E-state index in [-0.39, 0.29) is 22.8 Å². The van der Waals surface area contributed by atoms with Crippen LogP contribution in [-0.4, -0.2) is 62.7 Å². The quantitative estimate of drug-likeness (QED) is 0.653. The first kappa shape index (κ1) is 18.6. The number of thiazole rings is 1. The number of carbonyl (C=O) groups excluding carboxylic acids is 2. The number of nitrogens with zero attached hydrogens (tertiary/aromatic N) is 5. The van der Waals surface area contributed by atoms with E-state index in [1.165, 1.54) is 24.5 Å². The average molecular weight is 421 g/mol. The monoisotopic (exact) mass is 420 g/mol. The van der Waals surface area contributed by atoms with Gasteiger partial charge >= 0.3 is 6.09 Å². The van der Waals surface area contributed by atoms with Crippen molar-refractivity contribution in [3.63, 3.8) is 0 Å². The number of nitrogens with one attached hydrogen (secondary N) is 1. The summed E-state index contributed by atoms with van der Waals surface area (Å²) in [5.74, 6) is 0.159. The summed E-state index contributed by atoms with van der Waals surface area (Å²) < 4.78 is 6.34. The van der Waals surface area contributed by atoms with Gasteiger partial charge in [-0.05, 0) is 12.8 Å². The minimum atomic E-state index is -0.460. The summed E-state index contributed by atoms with van der Waals surface area (Å²) in [4.78, 5) is 35.5. The van der Waals surface area contributed by atoms with Gasteiger partial charge in [-0.3, -0.25) is 4.79 Å². The van der Waals surface area contributed by atoms with Crippen LogP contribution in [0.15, 0.2) is 23.8 Å². The van der Waals surface area contributed by atoms with Crippen molar-refractivity contribution in [2.24, 2.45) is 0 Å². The first-order chi connectivity index (χ1) is 13.5. The molecule has 1 N–H and O–H groups in total. The lowest BCUT2D eigenvalue weighted by Crippen LogP contribution is -2.46. The predicted molar refractivity (Wildman–Crippen MR) is 104 cm³/mol. The molecule has 0 atom stereocenters. The molecule has 0 unspecified atom stereocenters. The molecule has 3 aromatic rings. The largest absolute Gasteiger partial charge is 0.453 e. The molecule has 28 heavy (non-hydrogen) atoms. The maximum absolute atomic E-state index is 12.9. The molecular formula is C17H17ClN6O3S. The molecule has 0 bridgehead atoms. The standard InChI is InChI=1S/C17H17ClN6O3S/c1-27-17(26)20-10-2-4-23(5-3-10)15(25)12-8-13(18)22-14(21-12)11-9-19-24-6-7-28-16(11)24/h6-10H,2-5H2,1H3,(H,20,26). The fraction of sp³-hybridized carbons (Fsp3) is 0.353. The van der Waals surface area contributed by atoms with Crippen LogP contribution >= 0.6 is 22.9 Å². The molecule has 0 radical (unpaired) electrons. The van der Waals surface area contributed by atoms with Crippen LogP contribution in [0.4, 0.5) is 4.79 Å². The van der Waals surface area contributed by atoms with Crippen molar-refractivity contribution in [3.05, 3.63) is 34.7 Å². The number of methoxy groups -OCH3 is 1. The molecule has 1 aliphatic heterocycles. The van der Waals surface area contributed by atoms with Crippen molar-refractivity contribution in [2.75, 3.05) is 20.2 Å². The molecule has 9 nitrogen and oxygen atoms in total. The Labute approximate surface area is 169 Å². The normalized spacial score (nSPS) is 15.0. The Hall–Kier alpha value is -2.72. The van der Waals surface area contributed by atoms with Crippen LogP contribution in [-0.2, 0) is 4.74 Å². The Balaban J connectivity index is 1.52. The summed E-state index contributed by atoms with van der Waals surface area (Å²) in [5, 5.41) is 9.13. The van der Waals surface area contributed by atoms with E-state index in [1.807, 2.05) is 11.6 Å². The first-order valence-corrected chi connectivity index (χ1v) is 9.90. The van der Waals surface area contributed by atoms with Gasteiger partial charge < -0.3 is 15.0 Å².